The Morgan fingerprint density at radius 1 is 1.07 bits per heavy atom. The summed E-state index contributed by atoms with van der Waals surface area (Å²) in [6, 6.07) is 10.9. The normalized spacial score (nSPS) is 17.9. The molecule has 2 heterocycles. The molecule has 7 nitrogen and oxygen atoms in total. The van der Waals surface area contributed by atoms with Crippen LogP contribution in [0, 0.1) is 0 Å². The molecule has 1 saturated heterocycles. The number of carbonyl (C=O) groups excluding carboxylic acids is 2. The first-order chi connectivity index (χ1) is 14.0. The monoisotopic (exact) mass is 394 g/mol. The van der Waals surface area contributed by atoms with Gasteiger partial charge in [0.25, 0.3) is 5.91 Å². The minimum absolute atomic E-state index is 0.0502. The zero-order valence-electron chi connectivity index (χ0n) is 15.9. The predicted molar refractivity (Wildman–Crippen MR) is 106 cm³/mol. The van der Waals surface area contributed by atoms with Gasteiger partial charge in [-0.2, -0.15) is 0 Å². The van der Waals surface area contributed by atoms with Crippen LogP contribution in [0.4, 0.5) is 5.69 Å². The Labute approximate surface area is 168 Å². The number of aromatic carboxylic acids is 1. The summed E-state index contributed by atoms with van der Waals surface area (Å²) in [5, 5.41) is 12.1. The fraction of sp³-hybridized carbons (Fsp3) is 0.318. The molecule has 2 aromatic carbocycles. The van der Waals surface area contributed by atoms with Crippen molar-refractivity contribution in [3.8, 4) is 5.75 Å². The molecule has 1 fully saturated rings. The van der Waals surface area contributed by atoms with Crippen LogP contribution in [-0.2, 0) is 11.2 Å². The maximum Gasteiger partial charge on any atom is 0.335 e. The molecule has 150 valence electrons. The molecule has 0 aromatic heterocycles. The Morgan fingerprint density at radius 3 is 2.72 bits per heavy atom. The zero-order valence-corrected chi connectivity index (χ0v) is 15.9. The number of carboxylic acids is 1. The first kappa shape index (κ1) is 19.0. The number of nitrogens with zero attached hydrogens (tertiary/aromatic N) is 1. The zero-order chi connectivity index (χ0) is 20.4. The third-order valence-electron chi connectivity index (χ3n) is 5.38. The quantitative estimate of drug-likeness (QED) is 0.831. The van der Waals surface area contributed by atoms with Crippen LogP contribution in [-0.4, -0.2) is 47.0 Å². The van der Waals surface area contributed by atoms with Crippen molar-refractivity contribution in [3.63, 3.8) is 0 Å². The van der Waals surface area contributed by atoms with Crippen LogP contribution in [0.2, 0.25) is 0 Å². The number of hydrogen-bond acceptors (Lipinski definition) is 4. The van der Waals surface area contributed by atoms with E-state index in [1.54, 1.807) is 23.1 Å². The van der Waals surface area contributed by atoms with Gasteiger partial charge in [-0.15, -0.1) is 0 Å². The van der Waals surface area contributed by atoms with Crippen LogP contribution in [0.15, 0.2) is 42.5 Å². The number of rotatable bonds is 4. The van der Waals surface area contributed by atoms with Crippen molar-refractivity contribution in [1.29, 1.82) is 0 Å². The highest BCUT2D eigenvalue weighted by atomic mass is 16.5. The molecule has 2 N–H and O–H groups in total. The third-order valence-corrected chi connectivity index (χ3v) is 5.38. The molecule has 0 saturated carbocycles. The van der Waals surface area contributed by atoms with Crippen molar-refractivity contribution >= 4 is 23.5 Å². The predicted octanol–water partition coefficient (Wildman–Crippen LogP) is 2.95. The fourth-order valence-corrected chi connectivity index (χ4v) is 3.89. The number of piperidine rings is 1. The third kappa shape index (κ3) is 3.94. The van der Waals surface area contributed by atoms with Gasteiger partial charge in [-0.1, -0.05) is 6.07 Å². The van der Waals surface area contributed by atoms with Gasteiger partial charge in [0.15, 0.2) is 0 Å². The number of anilines is 1. The number of likely N-dealkylation sites (tertiary alicyclic amines) is 1. The van der Waals surface area contributed by atoms with Gasteiger partial charge in [-0.05, 0) is 61.2 Å². The van der Waals surface area contributed by atoms with Crippen LogP contribution >= 0.6 is 0 Å². The van der Waals surface area contributed by atoms with E-state index in [2.05, 4.69) is 5.32 Å². The Morgan fingerprint density at radius 2 is 1.90 bits per heavy atom. The molecular formula is C22H22N2O5. The van der Waals surface area contributed by atoms with E-state index in [4.69, 9.17) is 4.74 Å². The number of nitrogens with one attached hydrogen (secondary N) is 1. The van der Waals surface area contributed by atoms with Crippen molar-refractivity contribution in [1.82, 2.24) is 4.90 Å². The van der Waals surface area contributed by atoms with E-state index in [0.29, 0.717) is 25.3 Å². The number of ether oxygens (including phenoxy) is 1. The van der Waals surface area contributed by atoms with E-state index in [1.165, 1.54) is 12.1 Å². The highest BCUT2D eigenvalue weighted by Crippen LogP contribution is 2.28. The van der Waals surface area contributed by atoms with Crippen molar-refractivity contribution < 1.29 is 24.2 Å². The van der Waals surface area contributed by atoms with E-state index in [1.807, 2.05) is 12.1 Å². The van der Waals surface area contributed by atoms with Crippen LogP contribution < -0.4 is 10.1 Å². The largest absolute Gasteiger partial charge is 0.493 e. The molecule has 1 unspecified atom stereocenters. The average molecular weight is 394 g/mol. The summed E-state index contributed by atoms with van der Waals surface area (Å²) in [5.41, 5.74) is 2.07. The minimum Gasteiger partial charge on any atom is -0.493 e. The number of fused-ring (bicyclic) bond motifs is 1. The van der Waals surface area contributed by atoms with Crippen molar-refractivity contribution in [2.45, 2.75) is 31.7 Å². The van der Waals surface area contributed by atoms with E-state index in [-0.39, 0.29) is 22.9 Å². The molecule has 2 aliphatic rings. The molecule has 4 rings (SSSR count). The Kier molecular flexibility index (Phi) is 5.20. The van der Waals surface area contributed by atoms with E-state index < -0.39 is 12.0 Å². The summed E-state index contributed by atoms with van der Waals surface area (Å²) in [7, 11) is 0. The summed E-state index contributed by atoms with van der Waals surface area (Å²) >= 11 is 0. The van der Waals surface area contributed by atoms with Crippen LogP contribution in [0.1, 0.15) is 45.5 Å². The lowest BCUT2D eigenvalue weighted by Crippen LogP contribution is -2.50. The SMILES string of the molecule is O=C(O)c1cccc(C(=O)N2CCCCC2C(=O)Nc2ccc3c(c2)CCO3)c1. The molecule has 2 amide bonds. The smallest absolute Gasteiger partial charge is 0.335 e. The lowest BCUT2D eigenvalue weighted by atomic mass is 9.99. The second kappa shape index (κ2) is 7.95. The molecule has 0 aliphatic carbocycles. The molecule has 29 heavy (non-hydrogen) atoms. The van der Waals surface area contributed by atoms with Crippen LogP contribution in [0.25, 0.3) is 0 Å². The van der Waals surface area contributed by atoms with E-state index >= 15 is 0 Å². The topological polar surface area (TPSA) is 95.9 Å². The van der Waals surface area contributed by atoms with Gasteiger partial charge in [-0.3, -0.25) is 9.59 Å². The highest BCUT2D eigenvalue weighted by Gasteiger charge is 2.33. The summed E-state index contributed by atoms with van der Waals surface area (Å²) in [6.45, 7) is 1.11. The van der Waals surface area contributed by atoms with Crippen LogP contribution in [0.5, 0.6) is 5.75 Å². The first-order valence-electron chi connectivity index (χ1n) is 9.74. The molecule has 0 radical (unpaired) electrons. The molecule has 1 atom stereocenters. The Bertz CT molecular complexity index is 971. The minimum atomic E-state index is -1.09. The lowest BCUT2D eigenvalue weighted by Gasteiger charge is -2.34. The second-order valence-electron chi connectivity index (χ2n) is 7.31. The van der Waals surface area contributed by atoms with Crippen molar-refractivity contribution in [2.75, 3.05) is 18.5 Å². The van der Waals surface area contributed by atoms with Gasteiger partial charge in [0.1, 0.15) is 11.8 Å². The van der Waals surface area contributed by atoms with E-state index in [9.17, 15) is 19.5 Å². The Hall–Kier alpha value is -3.35. The maximum atomic E-state index is 13.0. The summed E-state index contributed by atoms with van der Waals surface area (Å²) < 4.78 is 5.49. The molecule has 0 spiro atoms. The second-order valence-corrected chi connectivity index (χ2v) is 7.31. The molecule has 2 aliphatic heterocycles. The molecule has 0 bridgehead atoms. The number of amides is 2. The molecule has 7 heteroatoms. The number of carbonyl (C=O) groups is 3. The molecule has 2 aromatic rings. The van der Waals surface area contributed by atoms with Gasteiger partial charge in [0.2, 0.25) is 5.91 Å². The molecular weight excluding hydrogens is 372 g/mol. The number of benzene rings is 2. The van der Waals surface area contributed by atoms with Gasteiger partial charge >= 0.3 is 5.97 Å². The van der Waals surface area contributed by atoms with Gasteiger partial charge < -0.3 is 20.1 Å². The maximum absolute atomic E-state index is 13.0. The number of carboxylic acid groups (broad SMARTS) is 1. The summed E-state index contributed by atoms with van der Waals surface area (Å²) in [4.78, 5) is 38.8. The first-order valence-corrected chi connectivity index (χ1v) is 9.74. The van der Waals surface area contributed by atoms with Gasteiger partial charge in [0.05, 0.1) is 12.2 Å². The van der Waals surface area contributed by atoms with E-state index in [0.717, 1.165) is 30.6 Å². The summed E-state index contributed by atoms with van der Waals surface area (Å²) in [6.07, 6.45) is 3.05. The van der Waals surface area contributed by atoms with Crippen molar-refractivity contribution in [3.05, 3.63) is 59.2 Å². The fourth-order valence-electron chi connectivity index (χ4n) is 3.89. The lowest BCUT2D eigenvalue weighted by molar-refractivity contribution is -0.121. The van der Waals surface area contributed by atoms with Gasteiger partial charge in [-0.25, -0.2) is 4.79 Å². The summed E-state index contributed by atoms with van der Waals surface area (Å²) in [5.74, 6) is -0.800. The van der Waals surface area contributed by atoms with Gasteiger partial charge in [0, 0.05) is 24.2 Å². The number of hydrogen-bond donors (Lipinski definition) is 2. The standard InChI is InChI=1S/C22H22N2O5/c25-20(23-17-7-8-19-14(13-17)9-11-29-19)18-6-1-2-10-24(18)21(26)15-4-3-5-16(12-15)22(27)28/h3-5,7-8,12-13,18H,1-2,6,9-11H2,(H,23,25)(H,27,28). The average Bonchev–Trinajstić information content (AvgIpc) is 3.21. The highest BCUT2D eigenvalue weighted by molar-refractivity contribution is 6.02. The Balaban J connectivity index is 1.52. The van der Waals surface area contributed by atoms with Crippen LogP contribution in [0.3, 0.4) is 0 Å². The van der Waals surface area contributed by atoms with Crippen molar-refractivity contribution in [2.24, 2.45) is 0 Å².